The lowest BCUT2D eigenvalue weighted by atomic mass is 10.2. The highest BCUT2D eigenvalue weighted by Gasteiger charge is 1.96. The van der Waals surface area contributed by atoms with E-state index in [4.69, 9.17) is 16.3 Å². The maximum atomic E-state index is 6.05. The average molecular weight is 275 g/mol. The Morgan fingerprint density at radius 1 is 1.16 bits per heavy atom. The van der Waals surface area contributed by atoms with E-state index in [1.807, 2.05) is 48.5 Å². The van der Waals surface area contributed by atoms with Crippen LogP contribution in [0.4, 0.5) is 0 Å². The number of nitrogens with one attached hydrogen (secondary N) is 1. The van der Waals surface area contributed by atoms with Crippen LogP contribution in [0.15, 0.2) is 53.6 Å². The van der Waals surface area contributed by atoms with E-state index in [1.165, 1.54) is 0 Å². The van der Waals surface area contributed by atoms with Crippen LogP contribution >= 0.6 is 11.6 Å². The Morgan fingerprint density at radius 3 is 2.58 bits per heavy atom. The smallest absolute Gasteiger partial charge is 0.118 e. The molecule has 0 unspecified atom stereocenters. The highest BCUT2D eigenvalue weighted by atomic mass is 35.5. The van der Waals surface area contributed by atoms with Crippen molar-refractivity contribution in [3.63, 3.8) is 0 Å². The summed E-state index contributed by atoms with van der Waals surface area (Å²) < 4.78 is 5.09. The first-order chi connectivity index (χ1) is 9.29. The standard InChI is InChI=1S/C15H15ClN2O/c1-19-14-8-6-12(7-9-14)10-17-18-11-13-4-2-3-5-15(13)16/h2-10,18H,11H2,1H3/b17-10-. The minimum Gasteiger partial charge on any atom is -0.497 e. The molecule has 0 spiro atoms. The molecule has 1 N–H and O–H groups in total. The van der Waals surface area contributed by atoms with Crippen LogP contribution in [0.3, 0.4) is 0 Å². The predicted molar refractivity (Wildman–Crippen MR) is 78.9 cm³/mol. The van der Waals surface area contributed by atoms with Crippen LogP contribution in [-0.4, -0.2) is 13.3 Å². The molecular formula is C15H15ClN2O. The number of nitrogens with zero attached hydrogens (tertiary/aromatic N) is 1. The molecule has 0 saturated heterocycles. The van der Waals surface area contributed by atoms with E-state index in [0.29, 0.717) is 6.54 Å². The number of hydrazone groups is 1. The molecule has 3 nitrogen and oxygen atoms in total. The van der Waals surface area contributed by atoms with Crippen LogP contribution in [0.25, 0.3) is 0 Å². The summed E-state index contributed by atoms with van der Waals surface area (Å²) >= 11 is 6.05. The van der Waals surface area contributed by atoms with Crippen molar-refractivity contribution >= 4 is 17.8 Å². The molecule has 2 aromatic rings. The fourth-order valence-corrected chi connectivity index (χ4v) is 1.79. The molecule has 2 rings (SSSR count). The number of hydrogen-bond acceptors (Lipinski definition) is 3. The van der Waals surface area contributed by atoms with Crippen molar-refractivity contribution in [2.45, 2.75) is 6.54 Å². The Kier molecular flexibility index (Phi) is 4.81. The van der Waals surface area contributed by atoms with Gasteiger partial charge >= 0.3 is 0 Å². The van der Waals surface area contributed by atoms with Crippen LogP contribution in [0.5, 0.6) is 5.75 Å². The van der Waals surface area contributed by atoms with E-state index >= 15 is 0 Å². The van der Waals surface area contributed by atoms with E-state index in [-0.39, 0.29) is 0 Å². The van der Waals surface area contributed by atoms with E-state index in [0.717, 1.165) is 21.9 Å². The number of methoxy groups -OCH3 is 1. The Bertz CT molecular complexity index is 552. The molecule has 0 aliphatic rings. The second-order valence-electron chi connectivity index (χ2n) is 3.96. The first-order valence-corrected chi connectivity index (χ1v) is 6.31. The number of benzene rings is 2. The molecule has 98 valence electrons. The Hall–Kier alpha value is -2.00. The monoisotopic (exact) mass is 274 g/mol. The molecular weight excluding hydrogens is 260 g/mol. The quantitative estimate of drug-likeness (QED) is 0.669. The summed E-state index contributed by atoms with van der Waals surface area (Å²) in [4.78, 5) is 0. The van der Waals surface area contributed by atoms with Gasteiger partial charge in [-0.3, -0.25) is 0 Å². The summed E-state index contributed by atoms with van der Waals surface area (Å²) in [6, 6.07) is 15.4. The third kappa shape index (κ3) is 4.00. The van der Waals surface area contributed by atoms with Gasteiger partial charge in [-0.2, -0.15) is 5.10 Å². The number of hydrogen-bond donors (Lipinski definition) is 1. The third-order valence-corrected chi connectivity index (χ3v) is 3.02. The molecule has 2 aromatic carbocycles. The van der Waals surface area contributed by atoms with Gasteiger partial charge in [-0.05, 0) is 41.5 Å². The van der Waals surface area contributed by atoms with E-state index in [1.54, 1.807) is 13.3 Å². The van der Waals surface area contributed by atoms with Gasteiger partial charge in [-0.1, -0.05) is 29.8 Å². The van der Waals surface area contributed by atoms with Crippen LogP contribution in [-0.2, 0) is 6.54 Å². The summed E-state index contributed by atoms with van der Waals surface area (Å²) in [7, 11) is 1.65. The highest BCUT2D eigenvalue weighted by Crippen LogP contribution is 2.14. The first kappa shape index (κ1) is 13.4. The second kappa shape index (κ2) is 6.81. The topological polar surface area (TPSA) is 33.6 Å². The van der Waals surface area contributed by atoms with Crippen molar-refractivity contribution in [1.82, 2.24) is 5.43 Å². The Balaban J connectivity index is 1.88. The van der Waals surface area contributed by atoms with Gasteiger partial charge in [0.05, 0.1) is 19.9 Å². The van der Waals surface area contributed by atoms with Gasteiger partial charge in [0, 0.05) is 5.02 Å². The molecule has 0 aliphatic heterocycles. The molecule has 0 aliphatic carbocycles. The minimum atomic E-state index is 0.604. The lowest BCUT2D eigenvalue weighted by Gasteiger charge is -2.03. The van der Waals surface area contributed by atoms with Crippen molar-refractivity contribution < 1.29 is 4.74 Å². The third-order valence-electron chi connectivity index (χ3n) is 2.65. The lowest BCUT2D eigenvalue weighted by molar-refractivity contribution is 0.415. The van der Waals surface area contributed by atoms with Crippen molar-refractivity contribution in [3.8, 4) is 5.75 Å². The zero-order valence-electron chi connectivity index (χ0n) is 10.6. The molecule has 0 radical (unpaired) electrons. The number of ether oxygens (including phenoxy) is 1. The summed E-state index contributed by atoms with van der Waals surface area (Å²) in [5, 5.41) is 4.90. The van der Waals surface area contributed by atoms with Crippen LogP contribution in [0, 0.1) is 0 Å². The van der Waals surface area contributed by atoms with Gasteiger partial charge in [0.1, 0.15) is 5.75 Å². The molecule has 0 bridgehead atoms. The SMILES string of the molecule is COc1ccc(/C=N\NCc2ccccc2Cl)cc1. The number of halogens is 1. The molecule has 0 saturated carbocycles. The van der Waals surface area contributed by atoms with Crippen LogP contribution in [0.1, 0.15) is 11.1 Å². The maximum absolute atomic E-state index is 6.05. The van der Waals surface area contributed by atoms with E-state index in [2.05, 4.69) is 10.5 Å². The first-order valence-electron chi connectivity index (χ1n) is 5.93. The van der Waals surface area contributed by atoms with Crippen molar-refractivity contribution in [2.24, 2.45) is 5.10 Å². The second-order valence-corrected chi connectivity index (χ2v) is 4.36. The number of rotatable bonds is 5. The van der Waals surface area contributed by atoms with Crippen molar-refractivity contribution in [3.05, 3.63) is 64.7 Å². The zero-order valence-corrected chi connectivity index (χ0v) is 11.4. The summed E-state index contributed by atoms with van der Waals surface area (Å²) in [5.41, 5.74) is 5.00. The molecule has 0 amide bonds. The largest absolute Gasteiger partial charge is 0.497 e. The summed E-state index contributed by atoms with van der Waals surface area (Å²) in [6.07, 6.45) is 1.76. The average Bonchev–Trinajstić information content (AvgIpc) is 2.46. The summed E-state index contributed by atoms with van der Waals surface area (Å²) in [5.74, 6) is 0.834. The van der Waals surface area contributed by atoms with Gasteiger partial charge < -0.3 is 10.2 Å². The lowest BCUT2D eigenvalue weighted by Crippen LogP contribution is -2.05. The van der Waals surface area contributed by atoms with Gasteiger partial charge in [-0.25, -0.2) is 0 Å². The minimum absolute atomic E-state index is 0.604. The summed E-state index contributed by atoms with van der Waals surface area (Å²) in [6.45, 7) is 0.604. The van der Waals surface area contributed by atoms with Crippen LogP contribution in [0.2, 0.25) is 5.02 Å². The Labute approximate surface area is 117 Å². The predicted octanol–water partition coefficient (Wildman–Crippen LogP) is 3.47. The van der Waals surface area contributed by atoms with Crippen molar-refractivity contribution in [1.29, 1.82) is 0 Å². The van der Waals surface area contributed by atoms with Crippen molar-refractivity contribution in [2.75, 3.05) is 7.11 Å². The molecule has 4 heteroatoms. The molecule has 0 heterocycles. The molecule has 0 aromatic heterocycles. The molecule has 19 heavy (non-hydrogen) atoms. The van der Waals surface area contributed by atoms with Gasteiger partial charge in [0.15, 0.2) is 0 Å². The van der Waals surface area contributed by atoms with Gasteiger partial charge in [0.2, 0.25) is 0 Å². The maximum Gasteiger partial charge on any atom is 0.118 e. The molecule has 0 atom stereocenters. The molecule has 0 fully saturated rings. The van der Waals surface area contributed by atoms with Gasteiger partial charge in [0.25, 0.3) is 0 Å². The zero-order chi connectivity index (χ0) is 13.5. The van der Waals surface area contributed by atoms with E-state index < -0.39 is 0 Å². The van der Waals surface area contributed by atoms with Gasteiger partial charge in [-0.15, -0.1) is 0 Å². The van der Waals surface area contributed by atoms with Crippen LogP contribution < -0.4 is 10.2 Å². The highest BCUT2D eigenvalue weighted by molar-refractivity contribution is 6.31. The normalized spacial score (nSPS) is 10.6. The Morgan fingerprint density at radius 2 is 1.89 bits per heavy atom. The fraction of sp³-hybridized carbons (Fsp3) is 0.133. The van der Waals surface area contributed by atoms with E-state index in [9.17, 15) is 0 Å². The fourth-order valence-electron chi connectivity index (χ4n) is 1.58.